The van der Waals surface area contributed by atoms with Crippen LogP contribution in [0.5, 0.6) is 0 Å². The number of amides is 1. The van der Waals surface area contributed by atoms with Gasteiger partial charge in [-0.15, -0.1) is 5.10 Å². The first-order chi connectivity index (χ1) is 9.16. The number of nitrogens with two attached hydrogens (primary N) is 1. The maximum atomic E-state index is 10.5. The van der Waals surface area contributed by atoms with Crippen LogP contribution < -0.4 is 5.73 Å². The molecule has 0 saturated carbocycles. The number of hydrogen-bond acceptors (Lipinski definition) is 5. The fourth-order valence-electron chi connectivity index (χ4n) is 1.43. The van der Waals surface area contributed by atoms with Crippen molar-refractivity contribution in [1.82, 2.24) is 20.0 Å². The first-order valence-corrected chi connectivity index (χ1v) is 6.33. The Kier molecular flexibility index (Phi) is 4.58. The van der Waals surface area contributed by atoms with Crippen LogP contribution in [-0.2, 0) is 16.0 Å². The maximum Gasteiger partial charge on any atom is 0.243 e. The van der Waals surface area contributed by atoms with E-state index in [-0.39, 0.29) is 6.61 Å². The minimum atomic E-state index is -0.482. The summed E-state index contributed by atoms with van der Waals surface area (Å²) < 4.78 is 7.54. The summed E-state index contributed by atoms with van der Waals surface area (Å²) in [6.07, 6.45) is 5.73. The van der Waals surface area contributed by atoms with Gasteiger partial charge in [0.25, 0.3) is 0 Å². The highest BCUT2D eigenvalue weighted by molar-refractivity contribution is 9.10. The van der Waals surface area contributed by atoms with E-state index in [4.69, 9.17) is 10.5 Å². The molecule has 0 saturated heterocycles. The van der Waals surface area contributed by atoms with Crippen LogP contribution in [0.4, 0.5) is 0 Å². The first-order valence-electron chi connectivity index (χ1n) is 5.54. The van der Waals surface area contributed by atoms with Gasteiger partial charge in [0.1, 0.15) is 6.61 Å². The van der Waals surface area contributed by atoms with Gasteiger partial charge in [0.05, 0.1) is 28.7 Å². The summed E-state index contributed by atoms with van der Waals surface area (Å²) in [6, 6.07) is 1.83. The molecule has 0 aromatic carbocycles. The lowest BCUT2D eigenvalue weighted by molar-refractivity contribution is -0.122. The van der Waals surface area contributed by atoms with Crippen LogP contribution in [0.15, 0.2) is 29.1 Å². The topological polar surface area (TPSA) is 95.9 Å². The molecular formula is C11H12BrN5O2. The van der Waals surface area contributed by atoms with Crippen LogP contribution in [-0.4, -0.2) is 39.1 Å². The van der Waals surface area contributed by atoms with Crippen molar-refractivity contribution in [3.63, 3.8) is 0 Å². The number of carbonyl (C=O) groups is 1. The molecular weight excluding hydrogens is 314 g/mol. The Morgan fingerprint density at radius 1 is 1.53 bits per heavy atom. The minimum absolute atomic E-state index is 0.0793. The summed E-state index contributed by atoms with van der Waals surface area (Å²) in [5.41, 5.74) is 6.59. The van der Waals surface area contributed by atoms with Crippen molar-refractivity contribution in [3.05, 3.63) is 34.8 Å². The Morgan fingerprint density at radius 2 is 2.37 bits per heavy atom. The molecule has 0 aliphatic heterocycles. The number of pyridine rings is 1. The second-order valence-corrected chi connectivity index (χ2v) is 4.60. The van der Waals surface area contributed by atoms with Crippen molar-refractivity contribution in [1.29, 1.82) is 0 Å². The molecule has 1 amide bonds. The molecule has 0 aliphatic carbocycles. The number of rotatable bonds is 6. The molecule has 0 radical (unpaired) electrons. The second kappa shape index (κ2) is 6.39. The summed E-state index contributed by atoms with van der Waals surface area (Å²) in [5, 5.41) is 8.05. The summed E-state index contributed by atoms with van der Waals surface area (Å²) in [4.78, 5) is 14.5. The lowest BCUT2D eigenvalue weighted by atomic mass is 10.3. The molecule has 19 heavy (non-hydrogen) atoms. The highest BCUT2D eigenvalue weighted by atomic mass is 79.9. The van der Waals surface area contributed by atoms with Gasteiger partial charge in [0.2, 0.25) is 5.91 Å². The maximum absolute atomic E-state index is 10.5. The molecule has 100 valence electrons. The van der Waals surface area contributed by atoms with Gasteiger partial charge in [-0.2, -0.15) is 0 Å². The number of halogens is 1. The van der Waals surface area contributed by atoms with Crippen LogP contribution in [0, 0.1) is 0 Å². The van der Waals surface area contributed by atoms with Crippen molar-refractivity contribution >= 4 is 21.8 Å². The van der Waals surface area contributed by atoms with E-state index in [0.717, 1.165) is 15.9 Å². The average molecular weight is 326 g/mol. The summed E-state index contributed by atoms with van der Waals surface area (Å²) in [5.74, 6) is -0.482. The highest BCUT2D eigenvalue weighted by Gasteiger charge is 2.06. The fraction of sp³-hybridized carbons (Fsp3) is 0.273. The molecule has 0 fully saturated rings. The van der Waals surface area contributed by atoms with Gasteiger partial charge in [-0.1, -0.05) is 5.21 Å². The fourth-order valence-corrected chi connectivity index (χ4v) is 1.87. The van der Waals surface area contributed by atoms with Crippen LogP contribution in [0.1, 0.15) is 5.69 Å². The van der Waals surface area contributed by atoms with E-state index < -0.39 is 5.91 Å². The average Bonchev–Trinajstić information content (AvgIpc) is 2.83. The normalized spacial score (nSPS) is 10.6. The molecule has 2 aromatic heterocycles. The summed E-state index contributed by atoms with van der Waals surface area (Å²) in [6.45, 7) is 0.295. The van der Waals surface area contributed by atoms with Gasteiger partial charge in [-0.25, -0.2) is 4.68 Å². The van der Waals surface area contributed by atoms with Crippen molar-refractivity contribution in [2.24, 2.45) is 5.73 Å². The van der Waals surface area contributed by atoms with Gasteiger partial charge in [0.15, 0.2) is 0 Å². The van der Waals surface area contributed by atoms with Crippen LogP contribution in [0.2, 0.25) is 0 Å². The third-order valence-corrected chi connectivity index (χ3v) is 2.90. The highest BCUT2D eigenvalue weighted by Crippen LogP contribution is 2.18. The summed E-state index contributed by atoms with van der Waals surface area (Å²) >= 11 is 3.39. The zero-order chi connectivity index (χ0) is 13.7. The number of aromatic nitrogens is 4. The molecule has 2 rings (SSSR count). The number of nitrogens with zero attached hydrogens (tertiary/aromatic N) is 4. The Hall–Kier alpha value is -1.80. The van der Waals surface area contributed by atoms with Gasteiger partial charge < -0.3 is 10.5 Å². The lowest BCUT2D eigenvalue weighted by Crippen LogP contribution is -2.18. The number of carbonyl (C=O) groups excluding carboxylic acids is 1. The second-order valence-electron chi connectivity index (χ2n) is 3.75. The predicted octanol–water partition coefficient (Wildman–Crippen LogP) is 0.469. The zero-order valence-electron chi connectivity index (χ0n) is 9.99. The van der Waals surface area contributed by atoms with Crippen LogP contribution >= 0.6 is 15.9 Å². The smallest absolute Gasteiger partial charge is 0.243 e. The molecule has 2 heterocycles. The largest absolute Gasteiger partial charge is 0.371 e. The molecule has 0 bridgehead atoms. The number of hydrogen-bond donors (Lipinski definition) is 1. The Bertz CT molecular complexity index is 572. The van der Waals surface area contributed by atoms with E-state index in [1.165, 1.54) is 0 Å². The molecule has 7 nitrogen and oxygen atoms in total. The molecule has 2 N–H and O–H groups in total. The molecule has 0 atom stereocenters. The predicted molar refractivity (Wildman–Crippen MR) is 70.6 cm³/mol. The SMILES string of the molecule is NC(=O)COCCc1cn(-c2ccncc2Br)nn1. The first kappa shape index (κ1) is 13.6. The van der Waals surface area contributed by atoms with E-state index in [2.05, 4.69) is 31.2 Å². The van der Waals surface area contributed by atoms with E-state index in [1.54, 1.807) is 23.3 Å². The lowest BCUT2D eigenvalue weighted by Gasteiger charge is -2.01. The summed E-state index contributed by atoms with van der Waals surface area (Å²) in [7, 11) is 0. The van der Waals surface area contributed by atoms with Gasteiger partial charge in [0, 0.05) is 18.8 Å². The number of primary amides is 1. The van der Waals surface area contributed by atoms with Gasteiger partial charge in [-0.3, -0.25) is 9.78 Å². The molecule has 0 aliphatic rings. The molecule has 0 unspecified atom stereocenters. The van der Waals surface area contributed by atoms with E-state index in [9.17, 15) is 4.79 Å². The Labute approximate surface area is 117 Å². The van der Waals surface area contributed by atoms with Gasteiger partial charge >= 0.3 is 0 Å². The number of ether oxygens (including phenoxy) is 1. The zero-order valence-corrected chi connectivity index (χ0v) is 11.6. The van der Waals surface area contributed by atoms with Crippen molar-refractivity contribution in [2.45, 2.75) is 6.42 Å². The molecule has 8 heteroatoms. The quantitative estimate of drug-likeness (QED) is 0.779. The molecule has 2 aromatic rings. The van der Waals surface area contributed by atoms with Crippen molar-refractivity contribution in [2.75, 3.05) is 13.2 Å². The monoisotopic (exact) mass is 325 g/mol. The minimum Gasteiger partial charge on any atom is -0.371 e. The van der Waals surface area contributed by atoms with E-state index >= 15 is 0 Å². The van der Waals surface area contributed by atoms with Crippen molar-refractivity contribution in [3.8, 4) is 5.69 Å². The Balaban J connectivity index is 1.96. The standard InChI is InChI=1S/C11H12BrN5O2/c12-9-5-14-3-1-10(9)17-6-8(15-16-17)2-4-19-7-11(13)18/h1,3,5-6H,2,4,7H2,(H2,13,18). The molecule has 0 spiro atoms. The Morgan fingerprint density at radius 3 is 3.11 bits per heavy atom. The third-order valence-electron chi connectivity index (χ3n) is 2.29. The van der Waals surface area contributed by atoms with E-state index in [1.807, 2.05) is 6.07 Å². The van der Waals surface area contributed by atoms with Crippen LogP contribution in [0.25, 0.3) is 5.69 Å². The third kappa shape index (κ3) is 3.83. The van der Waals surface area contributed by atoms with Crippen LogP contribution in [0.3, 0.4) is 0 Å². The van der Waals surface area contributed by atoms with Crippen molar-refractivity contribution < 1.29 is 9.53 Å². The van der Waals surface area contributed by atoms with Gasteiger partial charge in [-0.05, 0) is 22.0 Å². The van der Waals surface area contributed by atoms with E-state index in [0.29, 0.717) is 13.0 Å².